The lowest BCUT2D eigenvalue weighted by Crippen LogP contribution is -2.47. The Bertz CT molecular complexity index is 963. The van der Waals surface area contributed by atoms with Crippen molar-refractivity contribution < 1.29 is 14.6 Å². The van der Waals surface area contributed by atoms with E-state index >= 15 is 0 Å². The van der Waals surface area contributed by atoms with Crippen LogP contribution in [0.2, 0.25) is 0 Å². The number of benzene rings is 2. The lowest BCUT2D eigenvalue weighted by Gasteiger charge is -2.36. The molecule has 1 aromatic heterocycles. The first kappa shape index (κ1) is 20.9. The van der Waals surface area contributed by atoms with Gasteiger partial charge < -0.3 is 15.5 Å². The molecule has 5 nitrogen and oxygen atoms in total. The van der Waals surface area contributed by atoms with Gasteiger partial charge in [-0.3, -0.25) is 4.90 Å². The number of rotatable bonds is 7. The number of piperidine rings is 1. The molecule has 0 unspecified atom stereocenters. The molecule has 1 saturated heterocycles. The molecule has 4 rings (SSSR count). The zero-order valence-corrected chi connectivity index (χ0v) is 17.5. The van der Waals surface area contributed by atoms with Crippen molar-refractivity contribution in [3.63, 3.8) is 0 Å². The molecule has 0 radical (unpaired) electrons. The van der Waals surface area contributed by atoms with Gasteiger partial charge in [-0.25, -0.2) is 9.37 Å². The minimum atomic E-state index is -0.295. The second-order valence-corrected chi connectivity index (χ2v) is 8.53. The van der Waals surface area contributed by atoms with E-state index in [2.05, 4.69) is 27.3 Å². The zero-order valence-electron chi connectivity index (χ0n) is 16.7. The van der Waals surface area contributed by atoms with Crippen molar-refractivity contribution in [2.45, 2.75) is 31.4 Å². The van der Waals surface area contributed by atoms with Gasteiger partial charge in [0.2, 0.25) is 0 Å². The Hall–Kier alpha value is -2.32. The molecule has 3 N–H and O–H groups in total. The quantitative estimate of drug-likeness (QED) is 0.531. The van der Waals surface area contributed by atoms with Gasteiger partial charge in [0.25, 0.3) is 0 Å². The molecule has 1 aliphatic rings. The molecule has 2 aromatic carbocycles. The number of nitrogens with one attached hydrogen (secondary N) is 1. The van der Waals surface area contributed by atoms with Crippen LogP contribution < -0.4 is 5.32 Å². The van der Waals surface area contributed by atoms with E-state index < -0.39 is 0 Å². The summed E-state index contributed by atoms with van der Waals surface area (Å²) >= 11 is 1.49. The maximum Gasteiger partial charge on any atom is 0.187 e. The number of halogens is 1. The maximum atomic E-state index is 13.4. The molecule has 0 bridgehead atoms. The second-order valence-electron chi connectivity index (χ2n) is 7.67. The van der Waals surface area contributed by atoms with Crippen molar-refractivity contribution in [1.82, 2.24) is 9.88 Å². The Morgan fingerprint density at radius 1 is 1.20 bits per heavy atom. The van der Waals surface area contributed by atoms with E-state index in [1.165, 1.54) is 29.0 Å². The van der Waals surface area contributed by atoms with Crippen molar-refractivity contribution in [3.05, 3.63) is 65.3 Å². The molecular formula is C23H26FN3O2S. The van der Waals surface area contributed by atoms with Gasteiger partial charge in [0.05, 0.1) is 18.4 Å². The number of hydrogen-bond donors (Lipinski definition) is 3. The predicted molar refractivity (Wildman–Crippen MR) is 119 cm³/mol. The van der Waals surface area contributed by atoms with Gasteiger partial charge in [0.15, 0.2) is 5.13 Å². The van der Waals surface area contributed by atoms with Crippen LogP contribution in [-0.2, 0) is 6.42 Å². The summed E-state index contributed by atoms with van der Waals surface area (Å²) < 4.78 is 13.4. The molecule has 158 valence electrons. The number of hydrogen-bond acceptors (Lipinski definition) is 6. The van der Waals surface area contributed by atoms with E-state index in [4.69, 9.17) is 0 Å². The maximum absolute atomic E-state index is 13.4. The fourth-order valence-electron chi connectivity index (χ4n) is 3.83. The Morgan fingerprint density at radius 2 is 2.03 bits per heavy atom. The lowest BCUT2D eigenvalue weighted by atomic mass is 9.99. The third-order valence-electron chi connectivity index (χ3n) is 5.54. The Balaban J connectivity index is 1.33. The minimum Gasteiger partial charge on any atom is -0.395 e. The molecule has 1 aliphatic heterocycles. The highest BCUT2D eigenvalue weighted by molar-refractivity contribution is 7.14. The molecule has 0 aliphatic carbocycles. The standard InChI is InChI=1S/C23H26FN3O2S/c24-18-3-1-2-17(12-18)22-15-30-23(26-22)25-19-6-4-16(5-7-19)8-10-27-11-9-21(29)13-20(27)14-28/h1-7,12,15,20-21,28-29H,8-11,13-14H2,(H,25,26)/t20-,21+/m1/s1. The van der Waals surface area contributed by atoms with E-state index in [-0.39, 0.29) is 24.6 Å². The minimum absolute atomic E-state index is 0.0480. The fourth-order valence-corrected chi connectivity index (χ4v) is 4.57. The summed E-state index contributed by atoms with van der Waals surface area (Å²) in [6.45, 7) is 1.78. The number of thiazole rings is 1. The first-order chi connectivity index (χ1) is 14.6. The number of likely N-dealkylation sites (tertiary alicyclic amines) is 1. The molecule has 30 heavy (non-hydrogen) atoms. The molecule has 3 aromatic rings. The van der Waals surface area contributed by atoms with Crippen molar-refractivity contribution in [2.24, 2.45) is 0 Å². The van der Waals surface area contributed by atoms with Gasteiger partial charge in [-0.1, -0.05) is 24.3 Å². The Kier molecular flexibility index (Phi) is 6.74. The highest BCUT2D eigenvalue weighted by Gasteiger charge is 2.26. The smallest absolute Gasteiger partial charge is 0.187 e. The SMILES string of the molecule is OC[C@H]1C[C@@H](O)CCN1CCc1ccc(Nc2nc(-c3cccc(F)c3)cs2)cc1. The summed E-state index contributed by atoms with van der Waals surface area (Å²) in [5.74, 6) is -0.267. The monoisotopic (exact) mass is 427 g/mol. The van der Waals surface area contributed by atoms with Crippen LogP contribution in [0.1, 0.15) is 18.4 Å². The molecule has 0 saturated carbocycles. The number of nitrogens with zero attached hydrogens (tertiary/aromatic N) is 2. The van der Waals surface area contributed by atoms with Crippen LogP contribution >= 0.6 is 11.3 Å². The average molecular weight is 428 g/mol. The van der Waals surface area contributed by atoms with Crippen molar-refractivity contribution in [1.29, 1.82) is 0 Å². The van der Waals surface area contributed by atoms with Crippen LogP contribution in [-0.4, -0.2) is 51.9 Å². The third kappa shape index (κ3) is 5.23. The van der Waals surface area contributed by atoms with Gasteiger partial charge in [-0.2, -0.15) is 0 Å². The zero-order chi connectivity index (χ0) is 20.9. The van der Waals surface area contributed by atoms with Crippen LogP contribution in [0.3, 0.4) is 0 Å². The van der Waals surface area contributed by atoms with Crippen LogP contribution in [0.4, 0.5) is 15.2 Å². The van der Waals surface area contributed by atoms with Gasteiger partial charge in [0.1, 0.15) is 5.82 Å². The fraction of sp³-hybridized carbons (Fsp3) is 0.348. The van der Waals surface area contributed by atoms with E-state index in [0.29, 0.717) is 6.42 Å². The lowest BCUT2D eigenvalue weighted by molar-refractivity contribution is 0.0177. The first-order valence-corrected chi connectivity index (χ1v) is 11.1. The highest BCUT2D eigenvalue weighted by Crippen LogP contribution is 2.27. The predicted octanol–water partition coefficient (Wildman–Crippen LogP) is 4.05. The number of aliphatic hydroxyl groups excluding tert-OH is 2. The molecular weight excluding hydrogens is 401 g/mol. The molecule has 2 heterocycles. The van der Waals surface area contributed by atoms with Crippen LogP contribution in [0.25, 0.3) is 11.3 Å². The van der Waals surface area contributed by atoms with Gasteiger partial charge in [0, 0.05) is 35.8 Å². The van der Waals surface area contributed by atoms with Gasteiger partial charge in [-0.05, 0) is 49.1 Å². The Labute approximate surface area is 179 Å². The summed E-state index contributed by atoms with van der Waals surface area (Å²) in [5.41, 5.74) is 3.70. The van der Waals surface area contributed by atoms with Crippen LogP contribution in [0.5, 0.6) is 0 Å². The van der Waals surface area contributed by atoms with Crippen molar-refractivity contribution in [3.8, 4) is 11.3 Å². The molecule has 0 spiro atoms. The largest absolute Gasteiger partial charge is 0.395 e. The van der Waals surface area contributed by atoms with E-state index in [9.17, 15) is 14.6 Å². The third-order valence-corrected chi connectivity index (χ3v) is 6.30. The van der Waals surface area contributed by atoms with Crippen molar-refractivity contribution >= 4 is 22.2 Å². The van der Waals surface area contributed by atoms with E-state index in [1.807, 2.05) is 23.6 Å². The molecule has 2 atom stereocenters. The summed E-state index contributed by atoms with van der Waals surface area (Å²) in [7, 11) is 0. The normalized spacial score (nSPS) is 19.7. The number of aromatic nitrogens is 1. The number of aliphatic hydroxyl groups is 2. The summed E-state index contributed by atoms with van der Waals surface area (Å²) in [4.78, 5) is 6.82. The van der Waals surface area contributed by atoms with Gasteiger partial charge in [-0.15, -0.1) is 11.3 Å². The summed E-state index contributed by atoms with van der Waals surface area (Å²) in [6, 6.07) is 14.7. The Morgan fingerprint density at radius 3 is 2.80 bits per heavy atom. The summed E-state index contributed by atoms with van der Waals surface area (Å²) in [5, 5.41) is 25.3. The van der Waals surface area contributed by atoms with Gasteiger partial charge >= 0.3 is 0 Å². The average Bonchev–Trinajstić information content (AvgIpc) is 3.22. The van der Waals surface area contributed by atoms with E-state index in [0.717, 1.165) is 48.0 Å². The molecule has 0 amide bonds. The van der Waals surface area contributed by atoms with Crippen LogP contribution in [0.15, 0.2) is 53.9 Å². The van der Waals surface area contributed by atoms with E-state index in [1.54, 1.807) is 6.07 Å². The number of anilines is 2. The molecule has 1 fully saturated rings. The first-order valence-electron chi connectivity index (χ1n) is 10.2. The second kappa shape index (κ2) is 9.66. The van der Waals surface area contributed by atoms with Crippen LogP contribution in [0, 0.1) is 5.82 Å². The topological polar surface area (TPSA) is 68.6 Å². The van der Waals surface area contributed by atoms with Crippen molar-refractivity contribution in [2.75, 3.05) is 25.0 Å². The summed E-state index contributed by atoms with van der Waals surface area (Å²) in [6.07, 6.45) is 2.01. The highest BCUT2D eigenvalue weighted by atomic mass is 32.1. The molecule has 7 heteroatoms.